The van der Waals surface area contributed by atoms with E-state index in [2.05, 4.69) is 0 Å². The molecule has 0 radical (unpaired) electrons. The fourth-order valence-corrected chi connectivity index (χ4v) is 5.59. The first-order valence-corrected chi connectivity index (χ1v) is 12.4. The second-order valence-corrected chi connectivity index (χ2v) is 10.1. The largest absolute Gasteiger partial charge is 0.426 e. The maximum absolute atomic E-state index is 13.1. The van der Waals surface area contributed by atoms with E-state index in [0.29, 0.717) is 36.4 Å². The van der Waals surface area contributed by atoms with Crippen LogP contribution in [-0.2, 0) is 19.2 Å². The Morgan fingerprint density at radius 3 is 2.42 bits per heavy atom. The molecule has 0 spiro atoms. The standard InChI is InChI=1S/C29H30N2O5/c1-17-9-11-23-24(13-17)28(34)31(27(23)33)25-12-10-22(14-18(25)2)36-29(35)21-15-26(32)30(16-21)19(3)20-7-5-4-6-8-20/h4-10,12,14,19,21,23-24H,11,13,15-16H2,1-3H3/t19-,21-,23+,24-/m1/s1. The topological polar surface area (TPSA) is 84.0 Å². The lowest BCUT2D eigenvalue weighted by Crippen LogP contribution is -2.31. The van der Waals surface area contributed by atoms with E-state index in [9.17, 15) is 19.2 Å². The van der Waals surface area contributed by atoms with E-state index in [1.165, 1.54) is 4.90 Å². The number of hydrogen-bond acceptors (Lipinski definition) is 5. The molecule has 5 rings (SSSR count). The number of hydrogen-bond donors (Lipinski definition) is 0. The third-order valence-corrected chi connectivity index (χ3v) is 7.69. The molecule has 2 fully saturated rings. The highest BCUT2D eigenvalue weighted by Crippen LogP contribution is 2.41. The number of likely N-dealkylation sites (tertiary alicyclic amines) is 1. The highest BCUT2D eigenvalue weighted by atomic mass is 16.5. The summed E-state index contributed by atoms with van der Waals surface area (Å²) in [6.45, 7) is 6.04. The zero-order valence-electron chi connectivity index (χ0n) is 20.8. The number of aryl methyl sites for hydroxylation is 1. The van der Waals surface area contributed by atoms with Crippen LogP contribution >= 0.6 is 0 Å². The van der Waals surface area contributed by atoms with Crippen molar-refractivity contribution in [2.75, 3.05) is 11.4 Å². The highest BCUT2D eigenvalue weighted by molar-refractivity contribution is 6.22. The molecule has 0 bridgehead atoms. The highest BCUT2D eigenvalue weighted by Gasteiger charge is 2.49. The first kappa shape index (κ1) is 24.0. The van der Waals surface area contributed by atoms with Gasteiger partial charge in [-0.05, 0) is 62.9 Å². The van der Waals surface area contributed by atoms with Crippen LogP contribution in [0.25, 0.3) is 0 Å². The summed E-state index contributed by atoms with van der Waals surface area (Å²) in [4.78, 5) is 54.6. The second kappa shape index (κ2) is 9.37. The lowest BCUT2D eigenvalue weighted by Gasteiger charge is -2.25. The fraction of sp³-hybridized carbons (Fsp3) is 0.379. The van der Waals surface area contributed by atoms with E-state index >= 15 is 0 Å². The van der Waals surface area contributed by atoms with Crippen molar-refractivity contribution in [3.63, 3.8) is 0 Å². The zero-order chi connectivity index (χ0) is 25.6. The minimum absolute atomic E-state index is 0.0721. The number of anilines is 1. The summed E-state index contributed by atoms with van der Waals surface area (Å²) in [6, 6.07) is 14.5. The zero-order valence-corrected chi connectivity index (χ0v) is 20.8. The van der Waals surface area contributed by atoms with Crippen molar-refractivity contribution >= 4 is 29.4 Å². The van der Waals surface area contributed by atoms with Gasteiger partial charge >= 0.3 is 5.97 Å². The number of fused-ring (bicyclic) bond motifs is 1. The molecule has 0 N–H and O–H groups in total. The quantitative estimate of drug-likeness (QED) is 0.271. The first-order chi connectivity index (χ1) is 17.2. The normalized spacial score (nSPS) is 24.6. The molecular formula is C29H30N2O5. The SMILES string of the molecule is CC1=CC[C@@H]2C(=O)N(c3ccc(OC(=O)[C@@H]4CC(=O)N([C@H](C)c5ccccc5)C4)cc3C)C(=O)[C@@H]2C1. The predicted octanol–water partition coefficient (Wildman–Crippen LogP) is 4.36. The number of ether oxygens (including phenoxy) is 1. The van der Waals surface area contributed by atoms with Gasteiger partial charge in [0.15, 0.2) is 0 Å². The van der Waals surface area contributed by atoms with Gasteiger partial charge in [0, 0.05) is 13.0 Å². The van der Waals surface area contributed by atoms with Crippen molar-refractivity contribution in [2.24, 2.45) is 17.8 Å². The van der Waals surface area contributed by atoms with Gasteiger partial charge < -0.3 is 9.64 Å². The average Bonchev–Trinajstić information content (AvgIpc) is 3.37. The van der Waals surface area contributed by atoms with Crippen molar-refractivity contribution < 1.29 is 23.9 Å². The molecule has 0 aromatic heterocycles. The Bertz CT molecular complexity index is 1270. The minimum Gasteiger partial charge on any atom is -0.426 e. The van der Waals surface area contributed by atoms with Gasteiger partial charge in [-0.1, -0.05) is 42.0 Å². The molecular weight excluding hydrogens is 456 g/mol. The average molecular weight is 487 g/mol. The Morgan fingerprint density at radius 2 is 1.69 bits per heavy atom. The number of carbonyl (C=O) groups is 4. The fourth-order valence-electron chi connectivity index (χ4n) is 5.59. The van der Waals surface area contributed by atoms with Crippen LogP contribution in [0, 0.1) is 24.7 Å². The van der Waals surface area contributed by atoms with Crippen LogP contribution in [0.2, 0.25) is 0 Å². The molecule has 2 aromatic rings. The molecule has 2 aliphatic heterocycles. The summed E-state index contributed by atoms with van der Waals surface area (Å²) in [5, 5.41) is 0. The Hall–Kier alpha value is -3.74. The second-order valence-electron chi connectivity index (χ2n) is 10.1. The number of imide groups is 1. The molecule has 4 atom stereocenters. The van der Waals surface area contributed by atoms with Crippen molar-refractivity contribution in [3.05, 3.63) is 71.3 Å². The number of allylic oxidation sites excluding steroid dienone is 2. The van der Waals surface area contributed by atoms with E-state index in [-0.39, 0.29) is 42.0 Å². The van der Waals surface area contributed by atoms with Crippen LogP contribution < -0.4 is 9.64 Å². The van der Waals surface area contributed by atoms with E-state index in [1.54, 1.807) is 30.0 Å². The van der Waals surface area contributed by atoms with E-state index in [1.807, 2.05) is 50.3 Å². The monoisotopic (exact) mass is 486 g/mol. The van der Waals surface area contributed by atoms with Gasteiger partial charge in [0.05, 0.1) is 29.5 Å². The molecule has 2 saturated heterocycles. The molecule has 0 unspecified atom stereocenters. The van der Waals surface area contributed by atoms with Gasteiger partial charge in [0.25, 0.3) is 0 Å². The van der Waals surface area contributed by atoms with E-state index in [0.717, 1.165) is 11.1 Å². The molecule has 3 amide bonds. The van der Waals surface area contributed by atoms with Crippen molar-refractivity contribution in [2.45, 2.75) is 46.1 Å². The van der Waals surface area contributed by atoms with Gasteiger partial charge in [-0.15, -0.1) is 0 Å². The number of esters is 1. The van der Waals surface area contributed by atoms with Gasteiger partial charge in [0.2, 0.25) is 17.7 Å². The summed E-state index contributed by atoms with van der Waals surface area (Å²) in [5.41, 5.74) is 3.35. The molecule has 7 nitrogen and oxygen atoms in total. The smallest absolute Gasteiger partial charge is 0.316 e. The van der Waals surface area contributed by atoms with Crippen molar-refractivity contribution in [3.8, 4) is 5.75 Å². The predicted molar refractivity (Wildman–Crippen MR) is 134 cm³/mol. The van der Waals surface area contributed by atoms with Gasteiger partial charge in [-0.3, -0.25) is 19.2 Å². The molecule has 36 heavy (non-hydrogen) atoms. The molecule has 3 aliphatic rings. The number of amides is 3. The van der Waals surface area contributed by atoms with Crippen LogP contribution in [0.3, 0.4) is 0 Å². The summed E-state index contributed by atoms with van der Waals surface area (Å²) in [6.07, 6.45) is 3.35. The minimum atomic E-state index is -0.552. The lowest BCUT2D eigenvalue weighted by molar-refractivity contribution is -0.139. The number of benzene rings is 2. The third kappa shape index (κ3) is 4.23. The molecule has 186 valence electrons. The number of rotatable bonds is 5. The van der Waals surface area contributed by atoms with E-state index in [4.69, 9.17) is 4.74 Å². The van der Waals surface area contributed by atoms with Crippen molar-refractivity contribution in [1.29, 1.82) is 0 Å². The first-order valence-electron chi connectivity index (χ1n) is 12.4. The number of nitrogens with zero attached hydrogens (tertiary/aromatic N) is 2. The molecule has 2 heterocycles. The lowest BCUT2D eigenvalue weighted by atomic mass is 9.82. The Labute approximate surface area is 210 Å². The molecule has 2 aromatic carbocycles. The van der Waals surface area contributed by atoms with Crippen LogP contribution in [0.4, 0.5) is 5.69 Å². The van der Waals surface area contributed by atoms with Gasteiger partial charge in [-0.2, -0.15) is 0 Å². The molecule has 0 saturated carbocycles. The summed E-state index contributed by atoms with van der Waals surface area (Å²) in [5.74, 6) is -1.70. The summed E-state index contributed by atoms with van der Waals surface area (Å²) in [7, 11) is 0. The van der Waals surface area contributed by atoms with E-state index < -0.39 is 11.9 Å². The van der Waals surface area contributed by atoms with Gasteiger partial charge in [0.1, 0.15) is 5.75 Å². The van der Waals surface area contributed by atoms with Crippen LogP contribution in [0.1, 0.15) is 50.3 Å². The van der Waals surface area contributed by atoms with Crippen LogP contribution in [-0.4, -0.2) is 35.1 Å². The van der Waals surface area contributed by atoms with Crippen LogP contribution in [0.15, 0.2) is 60.2 Å². The Kier molecular flexibility index (Phi) is 6.24. The summed E-state index contributed by atoms with van der Waals surface area (Å²) >= 11 is 0. The Morgan fingerprint density at radius 1 is 0.972 bits per heavy atom. The van der Waals surface area contributed by atoms with Crippen LogP contribution in [0.5, 0.6) is 5.75 Å². The third-order valence-electron chi connectivity index (χ3n) is 7.69. The van der Waals surface area contributed by atoms with Crippen molar-refractivity contribution in [1.82, 2.24) is 4.90 Å². The molecule has 7 heteroatoms. The molecule has 1 aliphatic carbocycles. The Balaban J connectivity index is 1.26. The summed E-state index contributed by atoms with van der Waals surface area (Å²) < 4.78 is 5.63. The maximum atomic E-state index is 13.1. The van der Waals surface area contributed by atoms with Gasteiger partial charge in [-0.25, -0.2) is 4.90 Å². The maximum Gasteiger partial charge on any atom is 0.316 e. The number of carbonyl (C=O) groups excluding carboxylic acids is 4.